The highest BCUT2D eigenvalue weighted by molar-refractivity contribution is 5.76. The molecule has 1 saturated heterocycles. The predicted octanol–water partition coefficient (Wildman–Crippen LogP) is 3.80. The average Bonchev–Trinajstić information content (AvgIpc) is 2.68. The number of ether oxygens (including phenoxy) is 1. The first-order chi connectivity index (χ1) is 13.1. The van der Waals surface area contributed by atoms with E-state index in [0.29, 0.717) is 12.3 Å². The highest BCUT2D eigenvalue weighted by atomic mass is 16.5. The van der Waals surface area contributed by atoms with Crippen LogP contribution in [0.15, 0.2) is 36.7 Å². The van der Waals surface area contributed by atoms with Crippen molar-refractivity contribution in [1.29, 1.82) is 0 Å². The van der Waals surface area contributed by atoms with Gasteiger partial charge in [0.2, 0.25) is 11.8 Å². The van der Waals surface area contributed by atoms with Crippen LogP contribution in [0, 0.1) is 6.92 Å². The van der Waals surface area contributed by atoms with Crippen LogP contribution in [0.5, 0.6) is 11.6 Å². The number of carbonyl (C=O) groups is 1. The zero-order chi connectivity index (χ0) is 19.2. The summed E-state index contributed by atoms with van der Waals surface area (Å²) in [6.07, 6.45) is 4.17. The Morgan fingerprint density at radius 2 is 2.00 bits per heavy atom. The van der Waals surface area contributed by atoms with E-state index in [-0.39, 0.29) is 11.9 Å². The number of carbonyl (C=O) groups excluding carboxylic acids is 1. The summed E-state index contributed by atoms with van der Waals surface area (Å²) in [5.41, 5.74) is 1.19. The molecule has 1 aromatic carbocycles. The Morgan fingerprint density at radius 1 is 1.22 bits per heavy atom. The average molecular weight is 368 g/mol. The Hall–Kier alpha value is -2.63. The zero-order valence-corrected chi connectivity index (χ0v) is 16.4. The van der Waals surface area contributed by atoms with E-state index in [1.165, 1.54) is 11.9 Å². The molecule has 0 spiro atoms. The Morgan fingerprint density at radius 3 is 2.70 bits per heavy atom. The number of anilines is 1. The van der Waals surface area contributed by atoms with Crippen LogP contribution in [0.1, 0.15) is 38.7 Å². The van der Waals surface area contributed by atoms with E-state index in [1.54, 1.807) is 0 Å². The molecular formula is C21H28N4O2. The third-order valence-corrected chi connectivity index (χ3v) is 4.89. The lowest BCUT2D eigenvalue weighted by atomic mass is 10.1. The van der Waals surface area contributed by atoms with E-state index < -0.39 is 0 Å². The van der Waals surface area contributed by atoms with Crippen molar-refractivity contribution in [3.8, 4) is 11.6 Å². The van der Waals surface area contributed by atoms with Crippen molar-refractivity contribution < 1.29 is 9.53 Å². The van der Waals surface area contributed by atoms with E-state index >= 15 is 0 Å². The summed E-state index contributed by atoms with van der Waals surface area (Å²) < 4.78 is 5.85. The van der Waals surface area contributed by atoms with Crippen LogP contribution in [0.25, 0.3) is 0 Å². The van der Waals surface area contributed by atoms with Crippen molar-refractivity contribution in [2.45, 2.75) is 46.1 Å². The highest BCUT2D eigenvalue weighted by Crippen LogP contribution is 2.24. The molecule has 1 aliphatic rings. The first-order valence-electron chi connectivity index (χ1n) is 9.68. The second-order valence-corrected chi connectivity index (χ2v) is 7.12. The summed E-state index contributed by atoms with van der Waals surface area (Å²) in [4.78, 5) is 25.2. The summed E-state index contributed by atoms with van der Waals surface area (Å²) in [6.45, 7) is 8.51. The van der Waals surface area contributed by atoms with Gasteiger partial charge >= 0.3 is 0 Å². The van der Waals surface area contributed by atoms with E-state index in [4.69, 9.17) is 4.74 Å². The molecule has 6 heteroatoms. The van der Waals surface area contributed by atoms with E-state index in [0.717, 1.165) is 44.0 Å². The minimum atomic E-state index is 0.166. The maximum absolute atomic E-state index is 12.4. The minimum Gasteiger partial charge on any atom is -0.439 e. The third-order valence-electron chi connectivity index (χ3n) is 4.89. The van der Waals surface area contributed by atoms with Crippen molar-refractivity contribution in [3.05, 3.63) is 42.2 Å². The lowest BCUT2D eigenvalue weighted by Crippen LogP contribution is -2.54. The maximum Gasteiger partial charge on any atom is 0.224 e. The summed E-state index contributed by atoms with van der Waals surface area (Å²) in [7, 11) is 0. The van der Waals surface area contributed by atoms with Crippen molar-refractivity contribution in [3.63, 3.8) is 0 Å². The van der Waals surface area contributed by atoms with Gasteiger partial charge in [-0.25, -0.2) is 9.97 Å². The monoisotopic (exact) mass is 368 g/mol. The standard InChI is InChI=1S/C21H28N4O2/c1-4-5-6-21(26)25-12-11-24(14-17(25)3)19-13-20(23-15-22-19)27-18-9-7-16(2)8-10-18/h7-10,13,15,17H,4-6,11-12,14H2,1-3H3. The summed E-state index contributed by atoms with van der Waals surface area (Å²) in [6, 6.07) is 9.90. The molecule has 6 nitrogen and oxygen atoms in total. The van der Waals surface area contributed by atoms with Crippen LogP contribution in [0.3, 0.4) is 0 Å². The fourth-order valence-corrected chi connectivity index (χ4v) is 3.29. The van der Waals surface area contributed by atoms with Gasteiger partial charge in [0.15, 0.2) is 0 Å². The topological polar surface area (TPSA) is 58.6 Å². The Kier molecular flexibility index (Phi) is 6.27. The molecule has 1 fully saturated rings. The molecule has 1 amide bonds. The molecule has 0 bridgehead atoms. The number of aromatic nitrogens is 2. The molecular weight excluding hydrogens is 340 g/mol. The van der Waals surface area contributed by atoms with Crippen molar-refractivity contribution in [2.75, 3.05) is 24.5 Å². The van der Waals surface area contributed by atoms with Gasteiger partial charge in [-0.15, -0.1) is 0 Å². The Bertz CT molecular complexity index is 763. The van der Waals surface area contributed by atoms with E-state index in [1.807, 2.05) is 42.2 Å². The molecule has 0 N–H and O–H groups in total. The first kappa shape index (κ1) is 19.1. The smallest absolute Gasteiger partial charge is 0.224 e. The fraction of sp³-hybridized carbons (Fsp3) is 0.476. The fourth-order valence-electron chi connectivity index (χ4n) is 3.29. The molecule has 2 aromatic rings. The van der Waals surface area contributed by atoms with Gasteiger partial charge in [-0.1, -0.05) is 31.0 Å². The number of hydrogen-bond donors (Lipinski definition) is 0. The van der Waals surface area contributed by atoms with Gasteiger partial charge in [-0.3, -0.25) is 4.79 Å². The number of piperazine rings is 1. The van der Waals surface area contributed by atoms with Crippen LogP contribution in [0.2, 0.25) is 0 Å². The molecule has 0 saturated carbocycles. The Balaban J connectivity index is 1.64. The quantitative estimate of drug-likeness (QED) is 0.776. The SMILES string of the molecule is CCCCC(=O)N1CCN(c2cc(Oc3ccc(C)cc3)ncn2)CC1C. The highest BCUT2D eigenvalue weighted by Gasteiger charge is 2.27. The van der Waals surface area contributed by atoms with Crippen molar-refractivity contribution >= 4 is 11.7 Å². The van der Waals surface area contributed by atoms with Crippen molar-refractivity contribution in [2.24, 2.45) is 0 Å². The second-order valence-electron chi connectivity index (χ2n) is 7.12. The number of unbranched alkanes of at least 4 members (excludes halogenated alkanes) is 1. The van der Waals surface area contributed by atoms with Gasteiger partial charge in [-0.2, -0.15) is 0 Å². The van der Waals surface area contributed by atoms with E-state index in [2.05, 4.69) is 28.7 Å². The molecule has 144 valence electrons. The van der Waals surface area contributed by atoms with Crippen LogP contribution in [-0.2, 0) is 4.79 Å². The third kappa shape index (κ3) is 4.96. The lowest BCUT2D eigenvalue weighted by Gasteiger charge is -2.40. The molecule has 0 radical (unpaired) electrons. The molecule has 0 aliphatic carbocycles. The lowest BCUT2D eigenvalue weighted by molar-refractivity contribution is -0.133. The zero-order valence-electron chi connectivity index (χ0n) is 16.4. The normalized spacial score (nSPS) is 17.1. The van der Waals surface area contributed by atoms with Gasteiger partial charge < -0.3 is 14.5 Å². The van der Waals surface area contributed by atoms with Crippen LogP contribution < -0.4 is 9.64 Å². The first-order valence-corrected chi connectivity index (χ1v) is 9.68. The number of aryl methyl sites for hydroxylation is 1. The molecule has 1 unspecified atom stereocenters. The molecule has 2 heterocycles. The van der Waals surface area contributed by atoms with E-state index in [9.17, 15) is 4.79 Å². The number of benzene rings is 1. The Labute approximate surface area is 161 Å². The van der Waals surface area contributed by atoms with Gasteiger partial charge in [0.1, 0.15) is 17.9 Å². The molecule has 1 aromatic heterocycles. The summed E-state index contributed by atoms with van der Waals surface area (Å²) >= 11 is 0. The minimum absolute atomic E-state index is 0.166. The number of nitrogens with zero attached hydrogens (tertiary/aromatic N) is 4. The second kappa shape index (κ2) is 8.84. The largest absolute Gasteiger partial charge is 0.439 e. The van der Waals surface area contributed by atoms with Gasteiger partial charge in [0, 0.05) is 38.2 Å². The molecule has 1 aliphatic heterocycles. The predicted molar refractivity (Wildman–Crippen MR) is 106 cm³/mol. The summed E-state index contributed by atoms with van der Waals surface area (Å²) in [5.74, 6) is 2.37. The van der Waals surface area contributed by atoms with Gasteiger partial charge in [0.25, 0.3) is 0 Å². The number of amides is 1. The maximum atomic E-state index is 12.4. The van der Waals surface area contributed by atoms with Crippen LogP contribution in [0.4, 0.5) is 5.82 Å². The number of hydrogen-bond acceptors (Lipinski definition) is 5. The van der Waals surface area contributed by atoms with Crippen molar-refractivity contribution in [1.82, 2.24) is 14.9 Å². The van der Waals surface area contributed by atoms with Gasteiger partial charge in [-0.05, 0) is 32.4 Å². The summed E-state index contributed by atoms with van der Waals surface area (Å²) in [5, 5.41) is 0. The van der Waals surface area contributed by atoms with Gasteiger partial charge in [0.05, 0.1) is 0 Å². The van der Waals surface area contributed by atoms with Crippen LogP contribution >= 0.6 is 0 Å². The molecule has 1 atom stereocenters. The van der Waals surface area contributed by atoms with Crippen LogP contribution in [-0.4, -0.2) is 46.5 Å². The molecule has 3 rings (SSSR count). The molecule has 27 heavy (non-hydrogen) atoms. The number of rotatable bonds is 6.